The number of para-hydroxylation sites is 2. The number of hydrogen-bond acceptors (Lipinski definition) is 8. The van der Waals surface area contributed by atoms with E-state index in [0.717, 1.165) is 11.4 Å². The zero-order valence-corrected chi connectivity index (χ0v) is 17.7. The Labute approximate surface area is 171 Å². The summed E-state index contributed by atoms with van der Waals surface area (Å²) >= 11 is 2.75. The number of benzene rings is 1. The third-order valence-corrected chi connectivity index (χ3v) is 5.84. The van der Waals surface area contributed by atoms with Crippen molar-refractivity contribution in [3.05, 3.63) is 36.5 Å². The number of carbonyl (C=O) groups is 1. The fraction of sp³-hybridized carbons (Fsp3) is 0.333. The highest BCUT2D eigenvalue weighted by atomic mass is 32.2. The number of rotatable bonds is 8. The Morgan fingerprint density at radius 2 is 2.00 bits per heavy atom. The molecule has 0 saturated carbocycles. The van der Waals surface area contributed by atoms with Crippen LogP contribution in [0.2, 0.25) is 0 Å². The Kier molecular flexibility index (Phi) is 6.53. The first kappa shape index (κ1) is 20.2. The highest BCUT2D eigenvalue weighted by Crippen LogP contribution is 2.33. The van der Waals surface area contributed by atoms with Gasteiger partial charge in [-0.2, -0.15) is 5.10 Å². The van der Waals surface area contributed by atoms with Gasteiger partial charge in [0.15, 0.2) is 4.34 Å². The number of thioether (sulfide) groups is 1. The van der Waals surface area contributed by atoms with Gasteiger partial charge in [-0.15, -0.1) is 10.2 Å². The lowest BCUT2D eigenvalue weighted by atomic mass is 10.3. The number of ether oxygens (including phenoxy) is 1. The normalized spacial score (nSPS) is 12.0. The summed E-state index contributed by atoms with van der Waals surface area (Å²) in [4.78, 5) is 12.5. The lowest BCUT2D eigenvalue weighted by Gasteiger charge is -2.14. The number of amides is 1. The minimum Gasteiger partial charge on any atom is -0.495 e. The summed E-state index contributed by atoms with van der Waals surface area (Å²) < 4.78 is 7.80. The van der Waals surface area contributed by atoms with Crippen LogP contribution in [-0.4, -0.2) is 38.2 Å². The summed E-state index contributed by atoms with van der Waals surface area (Å²) in [7, 11) is 1.62. The number of nitrogens with one attached hydrogen (secondary N) is 2. The van der Waals surface area contributed by atoms with E-state index in [1.54, 1.807) is 24.1 Å². The van der Waals surface area contributed by atoms with E-state index in [1.807, 2.05) is 45.0 Å². The molecule has 1 aromatic carbocycles. The molecular formula is C18H22N6O2S2. The summed E-state index contributed by atoms with van der Waals surface area (Å²) in [6.07, 6.45) is 1.67. The van der Waals surface area contributed by atoms with Gasteiger partial charge < -0.3 is 15.4 Å². The Balaban J connectivity index is 1.61. The molecule has 3 aromatic rings. The van der Waals surface area contributed by atoms with Crippen LogP contribution in [0, 0.1) is 0 Å². The van der Waals surface area contributed by atoms with Crippen LogP contribution in [0.4, 0.5) is 16.6 Å². The molecule has 1 atom stereocenters. The number of aromatic nitrogens is 4. The standard InChI is InChI=1S/C18H22N6O2S2/c1-11(2)24-15(9-10-19-24)21-16(25)12(3)27-18-23-22-17(28-18)20-13-7-5-6-8-14(13)26-4/h5-12H,1-4H3,(H,20,22)(H,21,25)/t12-/m1/s1. The number of methoxy groups -OCH3 is 1. The van der Waals surface area contributed by atoms with Gasteiger partial charge in [0.05, 0.1) is 24.2 Å². The Morgan fingerprint density at radius 3 is 2.75 bits per heavy atom. The molecule has 148 valence electrons. The van der Waals surface area contributed by atoms with E-state index in [1.165, 1.54) is 23.1 Å². The maximum atomic E-state index is 12.5. The summed E-state index contributed by atoms with van der Waals surface area (Å²) in [5, 5.41) is 19.0. The molecule has 0 saturated heterocycles. The van der Waals surface area contributed by atoms with Gasteiger partial charge in [0.2, 0.25) is 11.0 Å². The van der Waals surface area contributed by atoms with Crippen molar-refractivity contribution >= 4 is 45.6 Å². The molecule has 2 N–H and O–H groups in total. The van der Waals surface area contributed by atoms with E-state index < -0.39 is 0 Å². The van der Waals surface area contributed by atoms with Crippen LogP contribution in [0.1, 0.15) is 26.8 Å². The molecule has 0 radical (unpaired) electrons. The predicted octanol–water partition coefficient (Wildman–Crippen LogP) is 4.19. The van der Waals surface area contributed by atoms with Crippen LogP contribution in [0.3, 0.4) is 0 Å². The van der Waals surface area contributed by atoms with Crippen molar-refractivity contribution < 1.29 is 9.53 Å². The van der Waals surface area contributed by atoms with Crippen LogP contribution >= 0.6 is 23.1 Å². The first-order valence-electron chi connectivity index (χ1n) is 8.72. The molecule has 3 rings (SSSR count). The predicted molar refractivity (Wildman–Crippen MR) is 113 cm³/mol. The summed E-state index contributed by atoms with van der Waals surface area (Å²) in [5.41, 5.74) is 0.811. The van der Waals surface area contributed by atoms with E-state index in [-0.39, 0.29) is 17.2 Å². The molecule has 8 nitrogen and oxygen atoms in total. The number of nitrogens with zero attached hydrogens (tertiary/aromatic N) is 4. The molecule has 0 spiro atoms. The Hall–Kier alpha value is -2.59. The highest BCUT2D eigenvalue weighted by molar-refractivity contribution is 8.02. The minimum atomic E-state index is -0.331. The van der Waals surface area contributed by atoms with E-state index in [0.29, 0.717) is 15.3 Å². The van der Waals surface area contributed by atoms with Gasteiger partial charge in [0, 0.05) is 12.1 Å². The van der Waals surface area contributed by atoms with Gasteiger partial charge in [0.25, 0.3) is 0 Å². The topological polar surface area (TPSA) is 94.0 Å². The molecule has 0 aliphatic heterocycles. The lowest BCUT2D eigenvalue weighted by Crippen LogP contribution is -2.24. The van der Waals surface area contributed by atoms with Gasteiger partial charge in [-0.1, -0.05) is 35.2 Å². The highest BCUT2D eigenvalue weighted by Gasteiger charge is 2.19. The maximum absolute atomic E-state index is 12.5. The number of anilines is 3. The second-order valence-corrected chi connectivity index (χ2v) is 8.77. The van der Waals surface area contributed by atoms with Gasteiger partial charge in [0.1, 0.15) is 11.6 Å². The van der Waals surface area contributed by atoms with Crippen LogP contribution in [0.5, 0.6) is 5.75 Å². The molecule has 0 bridgehead atoms. The second kappa shape index (κ2) is 9.07. The first-order chi connectivity index (χ1) is 13.5. The van der Waals surface area contributed by atoms with E-state index in [2.05, 4.69) is 25.9 Å². The fourth-order valence-electron chi connectivity index (χ4n) is 2.43. The molecule has 0 unspecified atom stereocenters. The van der Waals surface area contributed by atoms with Crippen LogP contribution in [0.15, 0.2) is 40.9 Å². The quantitative estimate of drug-likeness (QED) is 0.530. The zero-order valence-electron chi connectivity index (χ0n) is 16.0. The Morgan fingerprint density at radius 1 is 1.21 bits per heavy atom. The summed E-state index contributed by atoms with van der Waals surface area (Å²) in [6.45, 7) is 5.86. The number of carbonyl (C=O) groups excluding carboxylic acids is 1. The van der Waals surface area contributed by atoms with Gasteiger partial charge in [-0.25, -0.2) is 4.68 Å². The largest absolute Gasteiger partial charge is 0.495 e. The fourth-order valence-corrected chi connectivity index (χ4v) is 4.34. The molecule has 0 aliphatic rings. The second-order valence-electron chi connectivity index (χ2n) is 6.20. The van der Waals surface area contributed by atoms with E-state index >= 15 is 0 Å². The average Bonchev–Trinajstić information content (AvgIpc) is 3.31. The molecule has 2 aromatic heterocycles. The molecule has 0 fully saturated rings. The number of hydrogen-bond donors (Lipinski definition) is 2. The molecule has 0 aliphatic carbocycles. The first-order valence-corrected chi connectivity index (χ1v) is 10.4. The van der Waals surface area contributed by atoms with Crippen molar-refractivity contribution in [3.8, 4) is 5.75 Å². The third-order valence-electron chi connectivity index (χ3n) is 3.81. The molecule has 10 heteroatoms. The SMILES string of the molecule is COc1ccccc1Nc1nnc(S[C@H](C)C(=O)Nc2ccnn2C(C)C)s1. The molecular weight excluding hydrogens is 396 g/mol. The van der Waals surface area contributed by atoms with E-state index in [4.69, 9.17) is 4.74 Å². The van der Waals surface area contributed by atoms with E-state index in [9.17, 15) is 4.79 Å². The lowest BCUT2D eigenvalue weighted by molar-refractivity contribution is -0.115. The van der Waals surface area contributed by atoms with Crippen molar-refractivity contribution in [2.24, 2.45) is 0 Å². The zero-order chi connectivity index (χ0) is 20.1. The van der Waals surface area contributed by atoms with Gasteiger partial charge in [-0.3, -0.25) is 4.79 Å². The van der Waals surface area contributed by atoms with Crippen molar-refractivity contribution in [2.75, 3.05) is 17.7 Å². The van der Waals surface area contributed by atoms with Crippen LogP contribution in [-0.2, 0) is 4.79 Å². The van der Waals surface area contributed by atoms with Crippen LogP contribution < -0.4 is 15.4 Å². The van der Waals surface area contributed by atoms with Crippen molar-refractivity contribution in [3.63, 3.8) is 0 Å². The summed E-state index contributed by atoms with van der Waals surface area (Å²) in [5.74, 6) is 1.30. The maximum Gasteiger partial charge on any atom is 0.238 e. The Bertz CT molecular complexity index is 940. The molecule has 28 heavy (non-hydrogen) atoms. The molecule has 2 heterocycles. The van der Waals surface area contributed by atoms with Gasteiger partial charge in [-0.05, 0) is 32.9 Å². The van der Waals surface area contributed by atoms with Crippen LogP contribution in [0.25, 0.3) is 0 Å². The van der Waals surface area contributed by atoms with Gasteiger partial charge >= 0.3 is 0 Å². The summed E-state index contributed by atoms with van der Waals surface area (Å²) in [6, 6.07) is 9.54. The minimum absolute atomic E-state index is 0.109. The monoisotopic (exact) mass is 418 g/mol. The van der Waals surface area contributed by atoms with Crippen molar-refractivity contribution in [1.82, 2.24) is 20.0 Å². The average molecular weight is 419 g/mol. The third kappa shape index (κ3) is 4.82. The molecule has 1 amide bonds. The van der Waals surface area contributed by atoms with Crippen molar-refractivity contribution in [2.45, 2.75) is 36.4 Å². The van der Waals surface area contributed by atoms with Crippen molar-refractivity contribution in [1.29, 1.82) is 0 Å². The smallest absolute Gasteiger partial charge is 0.238 e.